The first-order valence-electron chi connectivity index (χ1n) is 10.8. The van der Waals surface area contributed by atoms with E-state index in [0.29, 0.717) is 12.1 Å². The molecule has 8 nitrogen and oxygen atoms in total. The summed E-state index contributed by atoms with van der Waals surface area (Å²) in [5, 5.41) is 15.4. The lowest BCUT2D eigenvalue weighted by molar-refractivity contribution is -0.126. The molecule has 0 saturated heterocycles. The summed E-state index contributed by atoms with van der Waals surface area (Å²) >= 11 is 0. The minimum atomic E-state index is -0.823. The highest BCUT2D eigenvalue weighted by atomic mass is 16.5. The van der Waals surface area contributed by atoms with Gasteiger partial charge >= 0.3 is 0 Å². The van der Waals surface area contributed by atoms with Crippen molar-refractivity contribution in [2.24, 2.45) is 0 Å². The Morgan fingerprint density at radius 3 is 2.32 bits per heavy atom. The van der Waals surface area contributed by atoms with Crippen LogP contribution in [0, 0.1) is 0 Å². The SMILES string of the molecule is O=C(Cc1ccccc1)N[C@@H](Cc1c[nH]c2ccccc12)C(=O)Nc1ccc(C(=O)NO)cc1. The molecule has 0 radical (unpaired) electrons. The van der Waals surface area contributed by atoms with E-state index in [2.05, 4.69) is 15.6 Å². The number of fused-ring (bicyclic) bond motifs is 1. The van der Waals surface area contributed by atoms with Crippen LogP contribution in [0.15, 0.2) is 85.1 Å². The maximum absolute atomic E-state index is 13.2. The van der Waals surface area contributed by atoms with E-state index >= 15 is 0 Å². The fourth-order valence-electron chi connectivity index (χ4n) is 3.76. The quantitative estimate of drug-likeness (QED) is 0.206. The van der Waals surface area contributed by atoms with Crippen molar-refractivity contribution in [3.8, 4) is 0 Å². The Labute approximate surface area is 196 Å². The molecular formula is C26H24N4O4. The second-order valence-electron chi connectivity index (χ2n) is 7.85. The second-order valence-corrected chi connectivity index (χ2v) is 7.85. The minimum absolute atomic E-state index is 0.156. The van der Waals surface area contributed by atoms with Crippen molar-refractivity contribution < 1.29 is 19.6 Å². The summed E-state index contributed by atoms with van der Waals surface area (Å²) in [7, 11) is 0. The van der Waals surface area contributed by atoms with Crippen molar-refractivity contribution in [3.05, 3.63) is 102 Å². The Morgan fingerprint density at radius 2 is 1.59 bits per heavy atom. The maximum Gasteiger partial charge on any atom is 0.274 e. The molecule has 0 spiro atoms. The van der Waals surface area contributed by atoms with Crippen LogP contribution in [0.4, 0.5) is 5.69 Å². The fraction of sp³-hybridized carbons (Fsp3) is 0.115. The number of anilines is 1. The molecule has 0 saturated carbocycles. The maximum atomic E-state index is 13.2. The standard InChI is InChI=1S/C26H24N4O4/c31-24(14-17-6-2-1-3-7-17)29-23(15-19-16-27-22-9-5-4-8-21(19)22)26(33)28-20-12-10-18(11-13-20)25(32)30-34/h1-13,16,23,27,34H,14-15H2,(H,28,33)(H,29,31)(H,30,32)/t23-/m0/s1. The number of hydrogen-bond acceptors (Lipinski definition) is 4. The number of benzene rings is 3. The predicted octanol–water partition coefficient (Wildman–Crippen LogP) is 3.20. The molecule has 0 unspecified atom stereocenters. The Balaban J connectivity index is 1.52. The van der Waals surface area contributed by atoms with E-state index in [0.717, 1.165) is 22.0 Å². The second kappa shape index (κ2) is 10.5. The highest BCUT2D eigenvalue weighted by Gasteiger charge is 2.23. The van der Waals surface area contributed by atoms with Crippen molar-refractivity contribution in [1.29, 1.82) is 0 Å². The first-order chi connectivity index (χ1) is 16.5. The largest absolute Gasteiger partial charge is 0.361 e. The van der Waals surface area contributed by atoms with Crippen molar-refractivity contribution >= 4 is 34.3 Å². The first-order valence-corrected chi connectivity index (χ1v) is 10.8. The van der Waals surface area contributed by atoms with E-state index < -0.39 is 11.9 Å². The van der Waals surface area contributed by atoms with Crippen LogP contribution in [-0.4, -0.2) is 34.0 Å². The fourth-order valence-corrected chi connectivity index (χ4v) is 3.76. The normalized spacial score (nSPS) is 11.6. The Morgan fingerprint density at radius 1 is 0.882 bits per heavy atom. The molecule has 0 fully saturated rings. The predicted molar refractivity (Wildman–Crippen MR) is 128 cm³/mol. The molecule has 3 aromatic carbocycles. The van der Waals surface area contributed by atoms with Crippen molar-refractivity contribution in [2.45, 2.75) is 18.9 Å². The molecule has 1 heterocycles. The molecule has 8 heteroatoms. The average Bonchev–Trinajstić information content (AvgIpc) is 3.27. The zero-order valence-corrected chi connectivity index (χ0v) is 18.2. The highest BCUT2D eigenvalue weighted by Crippen LogP contribution is 2.20. The molecule has 3 amide bonds. The molecule has 1 aromatic heterocycles. The number of nitrogens with one attached hydrogen (secondary N) is 4. The number of amides is 3. The van der Waals surface area contributed by atoms with Crippen LogP contribution in [0.5, 0.6) is 0 Å². The van der Waals surface area contributed by atoms with Crippen LogP contribution in [0.25, 0.3) is 10.9 Å². The number of hydroxylamine groups is 1. The van der Waals surface area contributed by atoms with Crippen molar-refractivity contribution in [3.63, 3.8) is 0 Å². The van der Waals surface area contributed by atoms with Crippen LogP contribution in [0.2, 0.25) is 0 Å². The first kappa shape index (κ1) is 22.8. The van der Waals surface area contributed by atoms with Gasteiger partial charge in [0.05, 0.1) is 6.42 Å². The number of carbonyl (C=O) groups excluding carboxylic acids is 3. The van der Waals surface area contributed by atoms with E-state index in [1.54, 1.807) is 17.6 Å². The van der Waals surface area contributed by atoms with E-state index in [1.165, 1.54) is 12.1 Å². The van der Waals surface area contributed by atoms with Crippen LogP contribution < -0.4 is 16.1 Å². The number of hydrogen-bond donors (Lipinski definition) is 5. The van der Waals surface area contributed by atoms with Crippen LogP contribution >= 0.6 is 0 Å². The molecule has 0 bridgehead atoms. The summed E-state index contributed by atoms with van der Waals surface area (Å²) in [6.07, 6.45) is 2.29. The van der Waals surface area contributed by atoms with Gasteiger partial charge in [0, 0.05) is 34.8 Å². The van der Waals surface area contributed by atoms with Gasteiger partial charge in [-0.1, -0.05) is 48.5 Å². The van der Waals surface area contributed by atoms with E-state index in [9.17, 15) is 14.4 Å². The van der Waals surface area contributed by atoms with Gasteiger partial charge < -0.3 is 15.6 Å². The topological polar surface area (TPSA) is 123 Å². The van der Waals surface area contributed by atoms with E-state index in [4.69, 9.17) is 5.21 Å². The van der Waals surface area contributed by atoms with E-state index in [1.807, 2.05) is 60.8 Å². The van der Waals surface area contributed by atoms with Crippen molar-refractivity contribution in [2.75, 3.05) is 5.32 Å². The number of H-pyrrole nitrogens is 1. The summed E-state index contributed by atoms with van der Waals surface area (Å²) in [5.41, 5.74) is 4.97. The van der Waals surface area contributed by atoms with Crippen molar-refractivity contribution in [1.82, 2.24) is 15.8 Å². The molecule has 4 aromatic rings. The number of aromatic nitrogens is 1. The van der Waals surface area contributed by atoms with Crippen LogP contribution in [0.3, 0.4) is 0 Å². The Kier molecular flexibility index (Phi) is 7.00. The zero-order chi connectivity index (χ0) is 23.9. The average molecular weight is 457 g/mol. The van der Waals surface area contributed by atoms with Gasteiger partial charge in [-0.3, -0.25) is 19.6 Å². The third-order valence-electron chi connectivity index (χ3n) is 5.47. The molecule has 34 heavy (non-hydrogen) atoms. The van der Waals surface area contributed by atoms with Gasteiger partial charge in [0.2, 0.25) is 11.8 Å². The number of carbonyl (C=O) groups is 3. The lowest BCUT2D eigenvalue weighted by atomic mass is 10.0. The van der Waals surface area contributed by atoms with Crippen LogP contribution in [0.1, 0.15) is 21.5 Å². The third kappa shape index (κ3) is 5.48. The summed E-state index contributed by atoms with van der Waals surface area (Å²) in [6, 6.07) is 22.3. The minimum Gasteiger partial charge on any atom is -0.361 e. The Bertz CT molecular complexity index is 1300. The number of rotatable bonds is 8. The molecule has 0 aliphatic heterocycles. The summed E-state index contributed by atoms with van der Waals surface area (Å²) in [4.78, 5) is 40.6. The zero-order valence-electron chi connectivity index (χ0n) is 18.2. The van der Waals surface area contributed by atoms with Gasteiger partial charge in [0.1, 0.15) is 6.04 Å². The molecular weight excluding hydrogens is 432 g/mol. The summed E-state index contributed by atoms with van der Waals surface area (Å²) in [6.45, 7) is 0. The monoisotopic (exact) mass is 456 g/mol. The van der Waals surface area contributed by atoms with Gasteiger partial charge in [-0.15, -0.1) is 0 Å². The van der Waals surface area contributed by atoms with Gasteiger partial charge in [0.25, 0.3) is 5.91 Å². The lowest BCUT2D eigenvalue weighted by Crippen LogP contribution is -2.45. The molecule has 172 valence electrons. The van der Waals surface area contributed by atoms with Gasteiger partial charge in [-0.05, 0) is 41.5 Å². The van der Waals surface area contributed by atoms with Gasteiger partial charge in [-0.25, -0.2) is 5.48 Å². The molecule has 1 atom stereocenters. The number of aromatic amines is 1. The van der Waals surface area contributed by atoms with Gasteiger partial charge in [-0.2, -0.15) is 0 Å². The summed E-state index contributed by atoms with van der Waals surface area (Å²) in [5.74, 6) is -1.30. The molecule has 5 N–H and O–H groups in total. The smallest absolute Gasteiger partial charge is 0.274 e. The van der Waals surface area contributed by atoms with Gasteiger partial charge in [0.15, 0.2) is 0 Å². The number of para-hydroxylation sites is 1. The lowest BCUT2D eigenvalue weighted by Gasteiger charge is -2.19. The highest BCUT2D eigenvalue weighted by molar-refractivity contribution is 5.99. The van der Waals surface area contributed by atoms with Crippen LogP contribution in [-0.2, 0) is 22.4 Å². The van der Waals surface area contributed by atoms with E-state index in [-0.39, 0.29) is 23.8 Å². The molecule has 0 aliphatic carbocycles. The Hall–Kier alpha value is -4.43. The third-order valence-corrected chi connectivity index (χ3v) is 5.47. The molecule has 0 aliphatic rings. The molecule has 4 rings (SSSR count). The summed E-state index contributed by atoms with van der Waals surface area (Å²) < 4.78 is 0.